The number of aliphatic hydroxyl groups is 1. The molecular weight excluding hydrogens is 676 g/mol. The largest absolute Gasteiger partial charge is 0.456 e. The molecule has 51 heavy (non-hydrogen) atoms. The highest BCUT2D eigenvalue weighted by molar-refractivity contribution is 5.75. The molecule has 0 spiro atoms. The van der Waals surface area contributed by atoms with Crippen molar-refractivity contribution in [2.75, 3.05) is 13.2 Å². The number of carbonyl (C=O) groups is 6. The molecule has 2 aliphatic rings. The highest BCUT2D eigenvalue weighted by atomic mass is 16.7. The zero-order valence-corrected chi connectivity index (χ0v) is 31.6. The molecule has 16 nitrogen and oxygen atoms in total. The average molecular weight is 733 g/mol. The standard InChI is InChI=1S/C35H56O16/c1-15(2)28(36)45-22-14-44-35(27(51-33(41)20(11)12)24(22)48-30(38)17(5)6)43-13-21-23(47-29(37)16(3)4)25(49-31(39)18(7)8)26(34(42)46-21)50-32(40)19(9)10/h15-27,34-35,42H,13-14H2,1-12H3/t21-,22+,23-,24+,25+,26-,27-,34+,35-/m1/s1. The fourth-order valence-electron chi connectivity index (χ4n) is 4.51. The number of aliphatic hydroxyl groups excluding tert-OH is 1. The van der Waals surface area contributed by atoms with E-state index in [0.717, 1.165) is 0 Å². The zero-order chi connectivity index (χ0) is 38.9. The van der Waals surface area contributed by atoms with Crippen LogP contribution in [0.1, 0.15) is 83.1 Å². The van der Waals surface area contributed by atoms with Gasteiger partial charge in [0.15, 0.2) is 49.2 Å². The van der Waals surface area contributed by atoms with Crippen molar-refractivity contribution < 1.29 is 76.5 Å². The first kappa shape index (κ1) is 43.8. The van der Waals surface area contributed by atoms with Gasteiger partial charge in [-0.15, -0.1) is 0 Å². The summed E-state index contributed by atoms with van der Waals surface area (Å²) < 4.78 is 51.7. The maximum Gasteiger partial charge on any atom is 0.308 e. The Labute approximate surface area is 299 Å². The molecule has 0 bridgehead atoms. The molecule has 2 fully saturated rings. The molecule has 9 atom stereocenters. The van der Waals surface area contributed by atoms with E-state index in [1.165, 1.54) is 0 Å². The Hall–Kier alpha value is -3.34. The molecule has 0 aromatic heterocycles. The Bertz CT molecular complexity index is 1210. The van der Waals surface area contributed by atoms with Crippen LogP contribution in [0.25, 0.3) is 0 Å². The van der Waals surface area contributed by atoms with Crippen molar-refractivity contribution >= 4 is 35.8 Å². The third-order valence-electron chi connectivity index (χ3n) is 7.77. The van der Waals surface area contributed by atoms with Gasteiger partial charge in [0.1, 0.15) is 6.10 Å². The van der Waals surface area contributed by atoms with Gasteiger partial charge < -0.3 is 47.7 Å². The van der Waals surface area contributed by atoms with Crippen LogP contribution in [0.2, 0.25) is 0 Å². The van der Waals surface area contributed by atoms with Gasteiger partial charge in [0.25, 0.3) is 0 Å². The molecule has 0 aliphatic carbocycles. The fourth-order valence-corrected chi connectivity index (χ4v) is 4.51. The third-order valence-corrected chi connectivity index (χ3v) is 7.77. The molecule has 2 saturated heterocycles. The lowest BCUT2D eigenvalue weighted by atomic mass is 9.97. The normalized spacial score (nSPS) is 28.2. The van der Waals surface area contributed by atoms with Crippen LogP contribution < -0.4 is 0 Å². The second kappa shape index (κ2) is 19.5. The predicted octanol–water partition coefficient (Wildman–Crippen LogP) is 2.48. The lowest BCUT2D eigenvalue weighted by Gasteiger charge is -2.45. The van der Waals surface area contributed by atoms with Crippen molar-refractivity contribution in [2.24, 2.45) is 35.5 Å². The SMILES string of the molecule is CC(C)C(=O)O[C@@H]1[C@@H](OC(=O)C(C)C)[C@@H](O)O[C@H](CO[C@@H]2OC[C@H](OC(=O)C(C)C)[C@H](OC(=O)C(C)C)[C@H]2OC(=O)C(C)C)[C@H]1OC(=O)C(C)C. The predicted molar refractivity (Wildman–Crippen MR) is 175 cm³/mol. The number of esters is 6. The van der Waals surface area contributed by atoms with Crippen LogP contribution in [0.5, 0.6) is 0 Å². The van der Waals surface area contributed by atoms with Gasteiger partial charge in [0.2, 0.25) is 0 Å². The van der Waals surface area contributed by atoms with Crippen molar-refractivity contribution in [3.63, 3.8) is 0 Å². The Morgan fingerprint density at radius 2 is 0.863 bits per heavy atom. The average Bonchev–Trinajstić information content (AvgIpc) is 3.03. The number of ether oxygens (including phenoxy) is 9. The summed E-state index contributed by atoms with van der Waals surface area (Å²) in [7, 11) is 0. The second-order valence-electron chi connectivity index (χ2n) is 14.5. The van der Waals surface area contributed by atoms with Gasteiger partial charge in [-0.1, -0.05) is 83.1 Å². The van der Waals surface area contributed by atoms with Crippen LogP contribution >= 0.6 is 0 Å². The van der Waals surface area contributed by atoms with Gasteiger partial charge in [0.05, 0.1) is 48.7 Å². The molecule has 0 amide bonds. The molecule has 1 N–H and O–H groups in total. The summed E-state index contributed by atoms with van der Waals surface area (Å²) in [6.45, 7) is 18.1. The lowest BCUT2D eigenvalue weighted by molar-refractivity contribution is -0.319. The smallest absolute Gasteiger partial charge is 0.308 e. The molecule has 2 aliphatic heterocycles. The molecule has 16 heteroatoms. The summed E-state index contributed by atoms with van der Waals surface area (Å²) in [4.78, 5) is 76.9. The lowest BCUT2D eigenvalue weighted by Crippen LogP contribution is -2.64. The van der Waals surface area contributed by atoms with Gasteiger partial charge in [0, 0.05) is 0 Å². The summed E-state index contributed by atoms with van der Waals surface area (Å²) in [6.07, 6.45) is -13.4. The van der Waals surface area contributed by atoms with Gasteiger partial charge >= 0.3 is 35.8 Å². The number of carbonyl (C=O) groups excluding carboxylic acids is 6. The van der Waals surface area contributed by atoms with Crippen molar-refractivity contribution in [3.8, 4) is 0 Å². The van der Waals surface area contributed by atoms with E-state index in [0.29, 0.717) is 0 Å². The first-order valence-electron chi connectivity index (χ1n) is 17.5. The van der Waals surface area contributed by atoms with E-state index >= 15 is 0 Å². The molecule has 2 rings (SSSR count). The minimum atomic E-state index is -1.87. The summed E-state index contributed by atoms with van der Waals surface area (Å²) in [5.41, 5.74) is 0. The number of hydrogen-bond acceptors (Lipinski definition) is 16. The third kappa shape index (κ3) is 12.4. The van der Waals surface area contributed by atoms with Crippen molar-refractivity contribution in [2.45, 2.75) is 138 Å². The maximum absolute atomic E-state index is 13.0. The van der Waals surface area contributed by atoms with E-state index in [-0.39, 0.29) is 6.61 Å². The Morgan fingerprint density at radius 3 is 1.29 bits per heavy atom. The van der Waals surface area contributed by atoms with E-state index in [1.807, 2.05) is 0 Å². The van der Waals surface area contributed by atoms with Gasteiger partial charge in [-0.2, -0.15) is 0 Å². The van der Waals surface area contributed by atoms with Gasteiger partial charge in [-0.3, -0.25) is 28.8 Å². The zero-order valence-electron chi connectivity index (χ0n) is 31.6. The van der Waals surface area contributed by atoms with E-state index in [4.69, 9.17) is 42.6 Å². The molecule has 0 aromatic rings. The molecular formula is C35H56O16. The van der Waals surface area contributed by atoms with Crippen LogP contribution in [-0.2, 0) is 71.4 Å². The van der Waals surface area contributed by atoms with Crippen molar-refractivity contribution in [3.05, 3.63) is 0 Å². The summed E-state index contributed by atoms with van der Waals surface area (Å²) in [5, 5.41) is 11.1. The first-order valence-corrected chi connectivity index (χ1v) is 17.5. The van der Waals surface area contributed by atoms with Crippen LogP contribution in [0.3, 0.4) is 0 Å². The highest BCUT2D eigenvalue weighted by Crippen LogP contribution is 2.32. The maximum atomic E-state index is 13.0. The minimum absolute atomic E-state index is 0.337. The summed E-state index contributed by atoms with van der Waals surface area (Å²) in [5.74, 6) is -7.92. The second-order valence-corrected chi connectivity index (χ2v) is 14.5. The first-order chi connectivity index (χ1) is 23.7. The molecule has 292 valence electrons. The highest BCUT2D eigenvalue weighted by Gasteiger charge is 2.54. The van der Waals surface area contributed by atoms with Crippen molar-refractivity contribution in [1.82, 2.24) is 0 Å². The van der Waals surface area contributed by atoms with Crippen LogP contribution in [0.15, 0.2) is 0 Å². The molecule has 0 aromatic carbocycles. The number of hydrogen-bond donors (Lipinski definition) is 1. The molecule has 0 saturated carbocycles. The van der Waals surface area contributed by atoms with Gasteiger partial charge in [-0.05, 0) is 0 Å². The molecule has 0 unspecified atom stereocenters. The Balaban J connectivity index is 2.55. The topological polar surface area (TPSA) is 206 Å². The molecule has 0 radical (unpaired) electrons. The Morgan fingerprint density at radius 1 is 0.510 bits per heavy atom. The van der Waals surface area contributed by atoms with E-state index in [9.17, 15) is 33.9 Å². The monoisotopic (exact) mass is 732 g/mol. The van der Waals surface area contributed by atoms with E-state index in [1.54, 1.807) is 83.1 Å². The van der Waals surface area contributed by atoms with E-state index in [2.05, 4.69) is 0 Å². The van der Waals surface area contributed by atoms with E-state index < -0.39 is 133 Å². The molecule has 2 heterocycles. The quantitative estimate of drug-likeness (QED) is 0.190. The van der Waals surface area contributed by atoms with Crippen LogP contribution in [0.4, 0.5) is 0 Å². The fraction of sp³-hybridized carbons (Fsp3) is 0.829. The Kier molecular flexibility index (Phi) is 16.7. The summed E-state index contributed by atoms with van der Waals surface area (Å²) >= 11 is 0. The van der Waals surface area contributed by atoms with Crippen LogP contribution in [0, 0.1) is 35.5 Å². The summed E-state index contributed by atoms with van der Waals surface area (Å²) in [6, 6.07) is 0. The minimum Gasteiger partial charge on any atom is -0.456 e. The van der Waals surface area contributed by atoms with Crippen LogP contribution in [-0.4, -0.2) is 109 Å². The van der Waals surface area contributed by atoms with Crippen molar-refractivity contribution in [1.29, 1.82) is 0 Å². The number of rotatable bonds is 15. The van der Waals surface area contributed by atoms with Gasteiger partial charge in [-0.25, -0.2) is 0 Å².